The van der Waals surface area contributed by atoms with Crippen molar-refractivity contribution in [2.75, 3.05) is 35.4 Å². The predicted octanol–water partition coefficient (Wildman–Crippen LogP) is 4.11. The van der Waals surface area contributed by atoms with Gasteiger partial charge < -0.3 is 14.9 Å². The fraction of sp³-hybridized carbons (Fsp3) is 0.579. The maximum atomic E-state index is 12.9. The number of anilines is 2. The molecule has 1 atom stereocenters. The van der Waals surface area contributed by atoms with Gasteiger partial charge in [0, 0.05) is 19.0 Å². The van der Waals surface area contributed by atoms with Crippen LogP contribution in [0, 0.1) is 0 Å². The monoisotopic (exact) mass is 526 g/mol. The molecule has 1 aliphatic carbocycles. The van der Waals surface area contributed by atoms with Gasteiger partial charge in [0.15, 0.2) is 5.82 Å². The molecule has 1 N–H and O–H groups in total. The van der Waals surface area contributed by atoms with Crippen molar-refractivity contribution in [3.05, 3.63) is 24.4 Å². The number of rotatable bonds is 5. The summed E-state index contributed by atoms with van der Waals surface area (Å²) >= 11 is 0. The third-order valence-corrected chi connectivity index (χ3v) is 9.23. The number of piperidine rings is 1. The Kier molecular flexibility index (Phi) is 5.00. The van der Waals surface area contributed by atoms with Crippen LogP contribution in [-0.4, -0.2) is 60.4 Å². The van der Waals surface area contributed by atoms with Crippen LogP contribution in [0.2, 0.25) is 0 Å². The lowest BCUT2D eigenvalue weighted by Gasteiger charge is -2.47. The molecular weight excluding hydrogens is 503 g/mol. The summed E-state index contributed by atoms with van der Waals surface area (Å²) < 4.78 is 77.0. The molecule has 0 spiro atoms. The van der Waals surface area contributed by atoms with E-state index in [1.165, 1.54) is 0 Å². The molecule has 0 amide bonds. The Bertz CT molecular complexity index is 1130. The van der Waals surface area contributed by atoms with Gasteiger partial charge >= 0.3 is 10.2 Å². The van der Waals surface area contributed by atoms with Crippen LogP contribution in [0.5, 0.6) is 0 Å². The summed E-state index contributed by atoms with van der Waals surface area (Å²) in [4.78, 5) is 18.5. The molecule has 188 valence electrons. The number of halogens is 5. The lowest BCUT2D eigenvalue weighted by atomic mass is 9.76. The molecule has 8 nitrogen and oxygen atoms in total. The Morgan fingerprint density at radius 3 is 2.24 bits per heavy atom. The highest BCUT2D eigenvalue weighted by Crippen LogP contribution is 3.01. The molecular formula is C19H23F5N6O2S2. The van der Waals surface area contributed by atoms with Crippen molar-refractivity contribution in [2.45, 2.75) is 53.4 Å². The van der Waals surface area contributed by atoms with E-state index in [9.17, 15) is 28.7 Å². The minimum Gasteiger partial charge on any atom is -0.394 e. The van der Waals surface area contributed by atoms with Crippen LogP contribution in [0.15, 0.2) is 28.4 Å². The van der Waals surface area contributed by atoms with E-state index in [0.717, 1.165) is 19.3 Å². The number of fused-ring (bicyclic) bond motifs is 1. The van der Waals surface area contributed by atoms with Crippen molar-refractivity contribution >= 4 is 32.8 Å². The van der Waals surface area contributed by atoms with Crippen molar-refractivity contribution in [2.24, 2.45) is 0 Å². The Labute approximate surface area is 194 Å². The Hall–Kier alpha value is -2.13. The highest BCUT2D eigenvalue weighted by Gasteiger charge is 2.66. The first-order valence-electron chi connectivity index (χ1n) is 10.7. The summed E-state index contributed by atoms with van der Waals surface area (Å²) in [5.74, 6) is 1.08. The van der Waals surface area contributed by atoms with Crippen LogP contribution in [-0.2, 0) is 10.8 Å². The van der Waals surface area contributed by atoms with Gasteiger partial charge in [-0.2, -0.15) is 4.98 Å². The zero-order valence-corrected chi connectivity index (χ0v) is 19.6. The second-order valence-electron chi connectivity index (χ2n) is 9.00. The van der Waals surface area contributed by atoms with Gasteiger partial charge in [-0.05, 0) is 32.1 Å². The van der Waals surface area contributed by atoms with E-state index < -0.39 is 31.5 Å². The van der Waals surface area contributed by atoms with Gasteiger partial charge in [0.1, 0.15) is 21.5 Å². The summed E-state index contributed by atoms with van der Waals surface area (Å²) in [6, 6.07) is 0. The smallest absolute Gasteiger partial charge is 0.313 e. The highest BCUT2D eigenvalue weighted by atomic mass is 32.5. The van der Waals surface area contributed by atoms with E-state index in [1.54, 1.807) is 6.20 Å². The molecule has 0 unspecified atom stereocenters. The first kappa shape index (κ1) is 23.6. The van der Waals surface area contributed by atoms with Gasteiger partial charge in [0.2, 0.25) is 5.95 Å². The van der Waals surface area contributed by atoms with Crippen LogP contribution in [0.25, 0.3) is 0 Å². The lowest BCUT2D eigenvalue weighted by Crippen LogP contribution is -2.56. The molecule has 4 heterocycles. The highest BCUT2D eigenvalue weighted by molar-refractivity contribution is 8.45. The van der Waals surface area contributed by atoms with Gasteiger partial charge in [-0.15, -0.1) is 0 Å². The van der Waals surface area contributed by atoms with Crippen LogP contribution < -0.4 is 9.80 Å². The summed E-state index contributed by atoms with van der Waals surface area (Å²) in [5, 5.41) is 9.95. The summed E-state index contributed by atoms with van der Waals surface area (Å²) in [5.41, 5.74) is -0.446. The number of hydrogen-bond donors (Lipinski definition) is 1. The van der Waals surface area contributed by atoms with Crippen LogP contribution in [0.3, 0.4) is 0 Å². The van der Waals surface area contributed by atoms with E-state index in [0.29, 0.717) is 42.6 Å². The largest absolute Gasteiger partial charge is 0.394 e. The average Bonchev–Trinajstić information content (AvgIpc) is 3.08. The maximum absolute atomic E-state index is 12.9. The summed E-state index contributed by atoms with van der Waals surface area (Å²) in [6.07, 6.45) is 5.40. The molecule has 0 aromatic carbocycles. The molecule has 2 aliphatic heterocycles. The van der Waals surface area contributed by atoms with E-state index in [1.807, 2.05) is 9.80 Å². The fourth-order valence-electron chi connectivity index (χ4n) is 4.64. The van der Waals surface area contributed by atoms with Crippen molar-refractivity contribution in [3.63, 3.8) is 0 Å². The fourth-order valence-corrected chi connectivity index (χ4v) is 6.44. The molecule has 1 saturated heterocycles. The number of aromatic nitrogens is 4. The molecule has 34 heavy (non-hydrogen) atoms. The van der Waals surface area contributed by atoms with Crippen LogP contribution in [0.4, 0.5) is 31.2 Å². The van der Waals surface area contributed by atoms with Crippen LogP contribution in [0.1, 0.15) is 43.8 Å². The first-order valence-corrected chi connectivity index (χ1v) is 14.0. The topological polar surface area (TPSA) is 95.3 Å². The van der Waals surface area contributed by atoms with Crippen molar-refractivity contribution in [3.8, 4) is 0 Å². The van der Waals surface area contributed by atoms with E-state index in [2.05, 4.69) is 19.9 Å². The number of aliphatic hydroxyl groups excluding tert-OH is 1. The van der Waals surface area contributed by atoms with Gasteiger partial charge in [0.05, 0.1) is 41.5 Å². The van der Waals surface area contributed by atoms with Crippen molar-refractivity contribution < 1.29 is 28.7 Å². The minimum absolute atomic E-state index is 0.0465. The average molecular weight is 527 g/mol. The standard InChI is InChI=1S/C19H23F5N6O2S2/c20-34(21,22,23,24)14-8-25-16(26-9-14)13-2-6-29(7-3-13)18-27-10-15-17(28-18)30(12-33(15)32)19(11-31)4-1-5-19/h8-10,13,31H,1-7,11-12H2/t33-/m0/s1. The molecule has 1 saturated carbocycles. The van der Waals surface area contributed by atoms with Gasteiger partial charge in [-0.25, -0.2) is 15.0 Å². The first-order chi connectivity index (χ1) is 15.8. The van der Waals surface area contributed by atoms with Crippen LogP contribution >= 0.6 is 10.2 Å². The molecule has 2 fully saturated rings. The second-order valence-corrected chi connectivity index (χ2v) is 12.8. The van der Waals surface area contributed by atoms with Gasteiger partial charge in [-0.3, -0.25) is 4.21 Å². The molecule has 15 heteroatoms. The number of hydrogen-bond acceptors (Lipinski definition) is 8. The van der Waals surface area contributed by atoms with Gasteiger partial charge in [-0.1, -0.05) is 19.4 Å². The zero-order chi connectivity index (χ0) is 24.4. The summed E-state index contributed by atoms with van der Waals surface area (Å²) in [6.45, 7) is 0.879. The minimum atomic E-state index is -9.80. The second kappa shape index (κ2) is 7.20. The lowest BCUT2D eigenvalue weighted by molar-refractivity contribution is 0.119. The summed E-state index contributed by atoms with van der Waals surface area (Å²) in [7, 11) is -11.1. The normalized spacial score (nSPS) is 24.8. The Morgan fingerprint density at radius 2 is 1.71 bits per heavy atom. The van der Waals surface area contributed by atoms with E-state index in [-0.39, 0.29) is 36.6 Å². The zero-order valence-electron chi connectivity index (χ0n) is 17.9. The maximum Gasteiger partial charge on any atom is 0.313 e. The molecule has 0 radical (unpaired) electrons. The predicted molar refractivity (Wildman–Crippen MR) is 117 cm³/mol. The third kappa shape index (κ3) is 4.11. The SMILES string of the molecule is O=[S@]1CN(C2(CO)CCC2)c2nc(N3CCC(c4ncc(S(F)(F)(F)(F)F)cn4)CC3)ncc21. The quantitative estimate of drug-likeness (QED) is 0.582. The molecule has 5 rings (SSSR count). The van der Waals surface area contributed by atoms with E-state index >= 15 is 0 Å². The number of nitrogens with zero attached hydrogens (tertiary/aromatic N) is 6. The third-order valence-electron chi connectivity index (χ3n) is 6.86. The molecule has 3 aliphatic rings. The molecule has 2 aromatic rings. The Morgan fingerprint density at radius 1 is 1.06 bits per heavy atom. The Balaban J connectivity index is 1.30. The van der Waals surface area contributed by atoms with Crippen molar-refractivity contribution in [1.82, 2.24) is 19.9 Å². The molecule has 0 bridgehead atoms. The van der Waals surface area contributed by atoms with Gasteiger partial charge in [0.25, 0.3) is 0 Å². The number of aliphatic hydroxyl groups is 1. The van der Waals surface area contributed by atoms with E-state index in [4.69, 9.17) is 0 Å². The molecule has 2 aromatic heterocycles. The van der Waals surface area contributed by atoms with Crippen molar-refractivity contribution in [1.29, 1.82) is 0 Å².